The zero-order valence-electron chi connectivity index (χ0n) is 13.6. The molecule has 0 N–H and O–H groups in total. The summed E-state index contributed by atoms with van der Waals surface area (Å²) in [7, 11) is 0.649. The highest BCUT2D eigenvalue weighted by atomic mass is 79.9. The van der Waals surface area contributed by atoms with Gasteiger partial charge >= 0.3 is 0 Å². The molecule has 2 unspecified atom stereocenters. The van der Waals surface area contributed by atoms with Gasteiger partial charge in [0.25, 0.3) is 0 Å². The van der Waals surface area contributed by atoms with Gasteiger partial charge in [0, 0.05) is 11.0 Å². The third kappa shape index (κ3) is 5.20. The molecule has 0 bridgehead atoms. The number of halogens is 2. The van der Waals surface area contributed by atoms with Crippen LogP contribution in [0.5, 0.6) is 11.5 Å². The zero-order valence-corrected chi connectivity index (χ0v) is 17.0. The summed E-state index contributed by atoms with van der Waals surface area (Å²) < 4.78 is 6.86. The summed E-state index contributed by atoms with van der Waals surface area (Å²) >= 11 is 9.70. The molecule has 0 aliphatic carbocycles. The van der Waals surface area contributed by atoms with E-state index in [1.54, 1.807) is 0 Å². The van der Waals surface area contributed by atoms with Crippen molar-refractivity contribution in [2.75, 3.05) is 13.2 Å². The van der Waals surface area contributed by atoms with E-state index in [0.717, 1.165) is 28.6 Å². The van der Waals surface area contributed by atoms with Crippen molar-refractivity contribution in [1.82, 2.24) is 4.90 Å². The summed E-state index contributed by atoms with van der Waals surface area (Å²) in [6.07, 6.45) is 1.71. The van der Waals surface area contributed by atoms with E-state index in [4.69, 9.17) is 16.3 Å². The Labute approximate surface area is 158 Å². The van der Waals surface area contributed by atoms with Crippen molar-refractivity contribution in [3.8, 4) is 11.5 Å². The van der Waals surface area contributed by atoms with Gasteiger partial charge in [0.05, 0.1) is 10.8 Å². The minimum Gasteiger partial charge on any atom is -0.456 e. The minimum atomic E-state index is 0.201. The Balaban J connectivity index is 2.20. The highest BCUT2D eigenvalue weighted by molar-refractivity contribution is 9.10. The lowest BCUT2D eigenvalue weighted by molar-refractivity contribution is -0.118. The first-order chi connectivity index (χ1) is 11.6. The van der Waals surface area contributed by atoms with Gasteiger partial charge in [0.2, 0.25) is 6.41 Å². The van der Waals surface area contributed by atoms with Crippen molar-refractivity contribution in [2.45, 2.75) is 19.1 Å². The average Bonchev–Trinajstić information content (AvgIpc) is 2.58. The fourth-order valence-electron chi connectivity index (χ4n) is 2.39. The van der Waals surface area contributed by atoms with E-state index in [-0.39, 0.29) is 5.78 Å². The first-order valence-electron chi connectivity index (χ1n) is 7.67. The van der Waals surface area contributed by atoms with Crippen LogP contribution in [0.1, 0.15) is 12.5 Å². The van der Waals surface area contributed by atoms with Crippen molar-refractivity contribution in [3.05, 3.63) is 57.5 Å². The Hall–Kier alpha value is -1.09. The molecule has 2 rings (SSSR count). The number of hydrogen-bond acceptors (Lipinski definition) is 2. The van der Waals surface area contributed by atoms with Crippen LogP contribution in [0.3, 0.4) is 0 Å². The number of hydrogen-bond donors (Lipinski definition) is 0. The highest BCUT2D eigenvalue weighted by Gasteiger charge is 2.15. The van der Waals surface area contributed by atoms with Crippen LogP contribution >= 0.6 is 36.1 Å². The van der Waals surface area contributed by atoms with Crippen LogP contribution < -0.4 is 4.74 Å². The molecular formula is C18H20BrClNO2P. The van der Waals surface area contributed by atoms with Gasteiger partial charge in [-0.3, -0.25) is 4.79 Å². The van der Waals surface area contributed by atoms with Crippen LogP contribution in [0.2, 0.25) is 5.02 Å². The maximum absolute atomic E-state index is 11.2. The van der Waals surface area contributed by atoms with E-state index in [1.807, 2.05) is 54.3 Å². The normalized spacial score (nSPS) is 12.3. The molecule has 0 heterocycles. The third-order valence-corrected chi connectivity index (χ3v) is 5.69. The first kappa shape index (κ1) is 19.2. The number of carbonyl (C=O) groups excluding carboxylic acids is 1. The van der Waals surface area contributed by atoms with Crippen LogP contribution in [0.4, 0.5) is 0 Å². The summed E-state index contributed by atoms with van der Waals surface area (Å²) in [5.74, 6) is 1.55. The fourth-order valence-corrected chi connectivity index (χ4v) is 3.94. The number of likely N-dealkylation sites (N-methyl/N-ethyl adjacent to an activating group) is 1. The van der Waals surface area contributed by atoms with Crippen molar-refractivity contribution in [1.29, 1.82) is 0 Å². The Bertz CT molecular complexity index is 698. The van der Waals surface area contributed by atoms with Gasteiger partial charge in [-0.25, -0.2) is 0 Å². The molecule has 0 radical (unpaired) electrons. The van der Waals surface area contributed by atoms with Gasteiger partial charge in [0.1, 0.15) is 11.5 Å². The van der Waals surface area contributed by atoms with Gasteiger partial charge in [-0.15, -0.1) is 8.58 Å². The molecule has 0 spiro atoms. The summed E-state index contributed by atoms with van der Waals surface area (Å²) in [6.45, 7) is 4.82. The van der Waals surface area contributed by atoms with Crippen LogP contribution in [0.15, 0.2) is 46.9 Å². The Morgan fingerprint density at radius 3 is 2.75 bits per heavy atom. The second kappa shape index (κ2) is 9.41. The van der Waals surface area contributed by atoms with Gasteiger partial charge in [-0.2, -0.15) is 0 Å². The minimum absolute atomic E-state index is 0.201. The summed E-state index contributed by atoms with van der Waals surface area (Å²) in [5.41, 5.74) is 1.10. The van der Waals surface area contributed by atoms with E-state index in [9.17, 15) is 4.79 Å². The predicted molar refractivity (Wildman–Crippen MR) is 106 cm³/mol. The first-order valence-corrected chi connectivity index (χ1v) is 10.4. The molecule has 2 aromatic carbocycles. The maximum atomic E-state index is 11.2. The average molecular weight is 429 g/mol. The van der Waals surface area contributed by atoms with E-state index in [0.29, 0.717) is 25.9 Å². The van der Waals surface area contributed by atoms with E-state index >= 15 is 0 Å². The quantitative estimate of drug-likeness (QED) is 0.407. The molecule has 2 atom stereocenters. The number of nitrogens with zero attached hydrogens (tertiary/aromatic N) is 1. The standard InChI is InChI=1S/C18H20BrClNO2P/c1-3-21(12-22)18(24-2)10-13-7-8-16(20)17(9-13)23-15-6-4-5-14(19)11-15/h4-9,11-12,18,24H,3,10H2,1-2H3. The topological polar surface area (TPSA) is 29.5 Å². The third-order valence-electron chi connectivity index (χ3n) is 3.68. The SMILES string of the molecule is CCN(C=O)C(Cc1ccc(Cl)c(Oc2cccc(Br)c2)c1)PC. The smallest absolute Gasteiger partial charge is 0.210 e. The fraction of sp³-hybridized carbons (Fsp3) is 0.278. The lowest BCUT2D eigenvalue weighted by Crippen LogP contribution is -2.32. The van der Waals surface area contributed by atoms with Crippen molar-refractivity contribution >= 4 is 42.5 Å². The molecule has 3 nitrogen and oxygen atoms in total. The highest BCUT2D eigenvalue weighted by Crippen LogP contribution is 2.33. The summed E-state index contributed by atoms with van der Waals surface area (Å²) in [5, 5.41) is 0.567. The Kier molecular flexibility index (Phi) is 7.54. The predicted octanol–water partition coefficient (Wildman–Crippen LogP) is 5.55. The lowest BCUT2D eigenvalue weighted by Gasteiger charge is -2.26. The second-order valence-corrected chi connectivity index (χ2v) is 7.84. The van der Waals surface area contributed by atoms with Gasteiger partial charge < -0.3 is 9.64 Å². The molecule has 0 saturated carbocycles. The lowest BCUT2D eigenvalue weighted by atomic mass is 10.1. The number of benzene rings is 2. The zero-order chi connectivity index (χ0) is 17.5. The van der Waals surface area contributed by atoms with E-state index < -0.39 is 0 Å². The van der Waals surface area contributed by atoms with Gasteiger partial charge in [-0.05, 0) is 55.9 Å². The number of amides is 1. The Morgan fingerprint density at radius 1 is 1.33 bits per heavy atom. The molecule has 128 valence electrons. The molecule has 0 fully saturated rings. The molecule has 0 aliphatic heterocycles. The molecular weight excluding hydrogens is 409 g/mol. The van der Waals surface area contributed by atoms with Gasteiger partial charge in [-0.1, -0.05) is 39.7 Å². The molecule has 24 heavy (non-hydrogen) atoms. The van der Waals surface area contributed by atoms with Crippen LogP contribution in [0.25, 0.3) is 0 Å². The van der Waals surface area contributed by atoms with E-state index in [1.165, 1.54) is 0 Å². The second-order valence-electron chi connectivity index (χ2n) is 5.27. The van der Waals surface area contributed by atoms with Crippen molar-refractivity contribution in [2.24, 2.45) is 0 Å². The molecule has 6 heteroatoms. The number of carbonyl (C=O) groups is 1. The molecule has 1 amide bonds. The number of rotatable bonds is 8. The summed E-state index contributed by atoms with van der Waals surface area (Å²) in [6, 6.07) is 13.4. The molecule has 2 aromatic rings. The number of ether oxygens (including phenoxy) is 1. The monoisotopic (exact) mass is 427 g/mol. The molecule has 0 aliphatic rings. The van der Waals surface area contributed by atoms with E-state index in [2.05, 4.69) is 22.6 Å². The van der Waals surface area contributed by atoms with Gasteiger partial charge in [0.15, 0.2) is 0 Å². The van der Waals surface area contributed by atoms with Crippen molar-refractivity contribution in [3.63, 3.8) is 0 Å². The molecule has 0 saturated heterocycles. The van der Waals surface area contributed by atoms with Crippen LogP contribution in [0, 0.1) is 0 Å². The van der Waals surface area contributed by atoms with Crippen LogP contribution in [-0.2, 0) is 11.2 Å². The van der Waals surface area contributed by atoms with Crippen LogP contribution in [-0.4, -0.2) is 30.3 Å². The summed E-state index contributed by atoms with van der Waals surface area (Å²) in [4.78, 5) is 13.0. The Morgan fingerprint density at radius 2 is 2.12 bits per heavy atom. The maximum Gasteiger partial charge on any atom is 0.210 e. The molecule has 0 aromatic heterocycles. The largest absolute Gasteiger partial charge is 0.456 e. The van der Waals surface area contributed by atoms with Crippen molar-refractivity contribution < 1.29 is 9.53 Å².